The average molecular weight is 236 g/mol. The first kappa shape index (κ1) is 12.5. The zero-order valence-electron chi connectivity index (χ0n) is 9.14. The van der Waals surface area contributed by atoms with E-state index in [2.05, 4.69) is 13.8 Å². The molecule has 1 rings (SSSR count). The Hall–Kier alpha value is -1.54. The van der Waals surface area contributed by atoms with Crippen LogP contribution in [0.15, 0.2) is 23.1 Å². The Kier molecular flexibility index (Phi) is 4.32. The van der Waals surface area contributed by atoms with Crippen molar-refractivity contribution in [3.05, 3.63) is 33.9 Å². The Bertz CT molecular complexity index is 440. The smallest absolute Gasteiger partial charge is 0.258 e. The molecule has 0 radical (unpaired) electrons. The summed E-state index contributed by atoms with van der Waals surface area (Å²) in [6.07, 6.45) is 1.02. The van der Waals surface area contributed by atoms with Gasteiger partial charge in [0.25, 0.3) is 5.69 Å². The molecule has 0 bridgehead atoms. The average Bonchev–Trinajstić information content (AvgIpc) is 2.28. The van der Waals surface area contributed by atoms with Crippen molar-refractivity contribution in [2.45, 2.75) is 30.4 Å². The number of hydrogen-bond acceptors (Lipinski definition) is 4. The highest BCUT2D eigenvalue weighted by molar-refractivity contribution is 7.99. The van der Waals surface area contributed by atoms with Gasteiger partial charge in [0, 0.05) is 16.2 Å². The van der Waals surface area contributed by atoms with Crippen molar-refractivity contribution in [1.29, 1.82) is 5.26 Å². The number of benzene rings is 1. The predicted octanol–water partition coefficient (Wildman–Crippen LogP) is 3.36. The molecule has 0 saturated carbocycles. The summed E-state index contributed by atoms with van der Waals surface area (Å²) >= 11 is 1.62. The van der Waals surface area contributed by atoms with Gasteiger partial charge in [0.05, 0.1) is 4.92 Å². The SMILES string of the molecule is CCC(C)Sc1ccc([N+](=O)[O-])c(C#N)c1. The Morgan fingerprint density at radius 3 is 2.81 bits per heavy atom. The number of thioether (sulfide) groups is 1. The van der Waals surface area contributed by atoms with E-state index in [0.29, 0.717) is 5.25 Å². The highest BCUT2D eigenvalue weighted by Crippen LogP contribution is 2.29. The molecule has 0 aliphatic heterocycles. The summed E-state index contributed by atoms with van der Waals surface area (Å²) in [5.41, 5.74) is -0.00527. The quantitative estimate of drug-likeness (QED) is 0.456. The van der Waals surface area contributed by atoms with Crippen LogP contribution in [0, 0.1) is 21.4 Å². The molecule has 1 unspecified atom stereocenters. The fourth-order valence-electron chi connectivity index (χ4n) is 1.15. The zero-order chi connectivity index (χ0) is 12.1. The summed E-state index contributed by atoms with van der Waals surface area (Å²) in [6.45, 7) is 4.16. The lowest BCUT2D eigenvalue weighted by atomic mass is 10.2. The molecule has 0 spiro atoms. The van der Waals surface area contributed by atoms with Crippen LogP contribution < -0.4 is 0 Å². The maximum atomic E-state index is 10.6. The molecule has 5 heteroatoms. The predicted molar refractivity (Wildman–Crippen MR) is 63.4 cm³/mol. The molecule has 0 aliphatic carbocycles. The van der Waals surface area contributed by atoms with Crippen LogP contribution in [0.4, 0.5) is 5.69 Å². The molecule has 0 aromatic heterocycles. The monoisotopic (exact) mass is 236 g/mol. The van der Waals surface area contributed by atoms with Crippen molar-refractivity contribution in [2.24, 2.45) is 0 Å². The fourth-order valence-corrected chi connectivity index (χ4v) is 2.12. The normalized spacial score (nSPS) is 11.8. The van der Waals surface area contributed by atoms with Crippen molar-refractivity contribution < 1.29 is 4.92 Å². The van der Waals surface area contributed by atoms with Gasteiger partial charge in [-0.15, -0.1) is 11.8 Å². The zero-order valence-corrected chi connectivity index (χ0v) is 9.95. The molecular weight excluding hydrogens is 224 g/mol. The van der Waals surface area contributed by atoms with Gasteiger partial charge in [-0.25, -0.2) is 0 Å². The first-order valence-electron chi connectivity index (χ1n) is 4.93. The molecule has 0 amide bonds. The first-order valence-corrected chi connectivity index (χ1v) is 5.81. The third-order valence-corrected chi connectivity index (χ3v) is 3.46. The maximum Gasteiger partial charge on any atom is 0.287 e. The van der Waals surface area contributed by atoms with Crippen LogP contribution in [0.5, 0.6) is 0 Å². The highest BCUT2D eigenvalue weighted by atomic mass is 32.2. The molecule has 0 heterocycles. The molecule has 4 nitrogen and oxygen atoms in total. The minimum absolute atomic E-state index is 0.123. The largest absolute Gasteiger partial charge is 0.287 e. The van der Waals surface area contributed by atoms with Crippen LogP contribution in [-0.2, 0) is 0 Å². The molecule has 0 N–H and O–H groups in total. The molecule has 1 aromatic carbocycles. The van der Waals surface area contributed by atoms with E-state index in [1.165, 1.54) is 6.07 Å². The van der Waals surface area contributed by atoms with Gasteiger partial charge in [-0.05, 0) is 18.6 Å². The number of rotatable bonds is 4. The molecule has 1 aromatic rings. The van der Waals surface area contributed by atoms with E-state index in [9.17, 15) is 10.1 Å². The van der Waals surface area contributed by atoms with Gasteiger partial charge in [-0.1, -0.05) is 13.8 Å². The molecule has 16 heavy (non-hydrogen) atoms. The molecule has 0 fully saturated rings. The minimum atomic E-state index is -0.531. The lowest BCUT2D eigenvalue weighted by molar-refractivity contribution is -0.385. The van der Waals surface area contributed by atoms with E-state index in [4.69, 9.17) is 5.26 Å². The molecule has 1 atom stereocenters. The molecular formula is C11H12N2O2S. The van der Waals surface area contributed by atoms with Gasteiger partial charge in [0.1, 0.15) is 11.6 Å². The summed E-state index contributed by atoms with van der Waals surface area (Å²) in [4.78, 5) is 11.0. The number of nitrogens with zero attached hydrogens (tertiary/aromatic N) is 2. The van der Waals surface area contributed by atoms with E-state index in [1.54, 1.807) is 23.9 Å². The standard InChI is InChI=1S/C11H12N2O2S/c1-3-8(2)16-10-4-5-11(13(14)15)9(6-10)7-12/h4-6,8H,3H2,1-2H3. The second kappa shape index (κ2) is 5.52. The van der Waals surface area contributed by atoms with Crippen LogP contribution in [0.3, 0.4) is 0 Å². The lowest BCUT2D eigenvalue weighted by Gasteiger charge is -2.07. The van der Waals surface area contributed by atoms with Gasteiger partial charge < -0.3 is 0 Å². The molecule has 0 saturated heterocycles. The van der Waals surface area contributed by atoms with Crippen LogP contribution in [0.25, 0.3) is 0 Å². The van der Waals surface area contributed by atoms with E-state index in [1.807, 2.05) is 6.07 Å². The maximum absolute atomic E-state index is 10.6. The van der Waals surface area contributed by atoms with Crippen molar-refractivity contribution >= 4 is 17.4 Å². The van der Waals surface area contributed by atoms with Gasteiger partial charge >= 0.3 is 0 Å². The number of nitriles is 1. The second-order valence-corrected chi connectivity index (χ2v) is 4.90. The highest BCUT2D eigenvalue weighted by Gasteiger charge is 2.14. The summed E-state index contributed by atoms with van der Waals surface area (Å²) < 4.78 is 0. The van der Waals surface area contributed by atoms with Crippen LogP contribution in [0.1, 0.15) is 25.8 Å². The molecule has 0 aliphatic rings. The second-order valence-electron chi connectivity index (χ2n) is 3.38. The van der Waals surface area contributed by atoms with Gasteiger partial charge in [0.15, 0.2) is 0 Å². The third-order valence-electron chi connectivity index (χ3n) is 2.20. The topological polar surface area (TPSA) is 66.9 Å². The van der Waals surface area contributed by atoms with E-state index in [-0.39, 0.29) is 11.3 Å². The Morgan fingerprint density at radius 1 is 1.62 bits per heavy atom. The Labute approximate surface area is 98.4 Å². The van der Waals surface area contributed by atoms with E-state index < -0.39 is 4.92 Å². The summed E-state index contributed by atoms with van der Waals surface area (Å²) in [7, 11) is 0. The van der Waals surface area contributed by atoms with Crippen molar-refractivity contribution in [3.63, 3.8) is 0 Å². The van der Waals surface area contributed by atoms with Crippen LogP contribution >= 0.6 is 11.8 Å². The number of nitro groups is 1. The van der Waals surface area contributed by atoms with Crippen molar-refractivity contribution in [3.8, 4) is 6.07 Å². The van der Waals surface area contributed by atoms with Gasteiger partial charge in [-0.2, -0.15) is 5.26 Å². The van der Waals surface area contributed by atoms with Crippen molar-refractivity contribution in [2.75, 3.05) is 0 Å². The van der Waals surface area contributed by atoms with E-state index >= 15 is 0 Å². The van der Waals surface area contributed by atoms with Crippen LogP contribution in [0.2, 0.25) is 0 Å². The number of nitro benzene ring substituents is 1. The minimum Gasteiger partial charge on any atom is -0.258 e. The fraction of sp³-hybridized carbons (Fsp3) is 0.364. The van der Waals surface area contributed by atoms with Crippen molar-refractivity contribution in [1.82, 2.24) is 0 Å². The molecule has 84 valence electrons. The van der Waals surface area contributed by atoms with Crippen LogP contribution in [-0.4, -0.2) is 10.2 Å². The summed E-state index contributed by atoms with van der Waals surface area (Å²) in [5, 5.41) is 19.9. The lowest BCUT2D eigenvalue weighted by Crippen LogP contribution is -1.95. The summed E-state index contributed by atoms with van der Waals surface area (Å²) in [6, 6.07) is 6.51. The van der Waals surface area contributed by atoms with Gasteiger partial charge in [0.2, 0.25) is 0 Å². The Morgan fingerprint density at radius 2 is 2.31 bits per heavy atom. The van der Waals surface area contributed by atoms with Gasteiger partial charge in [-0.3, -0.25) is 10.1 Å². The number of hydrogen-bond donors (Lipinski definition) is 0. The third kappa shape index (κ3) is 2.97. The first-order chi connectivity index (χ1) is 7.58. The van der Waals surface area contributed by atoms with E-state index in [0.717, 1.165) is 11.3 Å². The summed E-state index contributed by atoms with van der Waals surface area (Å²) in [5.74, 6) is 0. The Balaban J connectivity index is 3.01.